The minimum absolute atomic E-state index is 0.344. The van der Waals surface area contributed by atoms with Gasteiger partial charge in [0.05, 0.1) is 0 Å². The van der Waals surface area contributed by atoms with E-state index >= 15 is 0 Å². The van der Waals surface area contributed by atoms with E-state index in [2.05, 4.69) is 44.0 Å². The van der Waals surface area contributed by atoms with E-state index in [9.17, 15) is 0 Å². The summed E-state index contributed by atoms with van der Waals surface area (Å²) in [5, 5.41) is 17.4. The van der Waals surface area contributed by atoms with Gasteiger partial charge in [-0.05, 0) is 12.8 Å². The van der Waals surface area contributed by atoms with Gasteiger partial charge in [0.25, 0.3) is 0 Å². The molecule has 0 aliphatic carbocycles. The largest absolute Gasteiger partial charge is 0.396 e. The van der Waals surface area contributed by atoms with Crippen LogP contribution in [0.25, 0.3) is 0 Å². The smallest absolute Gasteiger partial charge is 0.118 e. The Balaban J connectivity index is -0.000000144. The fourth-order valence-corrected chi connectivity index (χ4v) is 0.316. The van der Waals surface area contributed by atoms with Gasteiger partial charge < -0.3 is 10.2 Å². The first-order valence-corrected chi connectivity index (χ1v) is 6.83. The predicted octanol–water partition coefficient (Wildman–Crippen LogP) is 2.79. The molecule has 0 aromatic heterocycles. The first kappa shape index (κ1) is 20.8. The lowest BCUT2D eigenvalue weighted by Gasteiger charge is -1.91. The highest BCUT2D eigenvalue weighted by atomic mass is 27.0. The SMILES string of the molecule is CC(C)[CH2][Al].CCCCO.CCCCO. The van der Waals surface area contributed by atoms with Crippen LogP contribution in [0.4, 0.5) is 0 Å². The van der Waals surface area contributed by atoms with Crippen LogP contribution in [0.1, 0.15) is 53.4 Å². The number of aliphatic hydroxyl groups is 2. The fourth-order valence-electron chi connectivity index (χ4n) is 0.316. The van der Waals surface area contributed by atoms with Gasteiger partial charge in [-0.25, -0.2) is 0 Å². The van der Waals surface area contributed by atoms with Crippen molar-refractivity contribution in [1.29, 1.82) is 0 Å². The summed E-state index contributed by atoms with van der Waals surface area (Å²) >= 11 is 2.69. The second-order valence-electron chi connectivity index (χ2n) is 3.78. The van der Waals surface area contributed by atoms with Gasteiger partial charge in [0.1, 0.15) is 16.3 Å². The number of hydrogen-bond acceptors (Lipinski definition) is 2. The molecular weight excluding hydrogens is 203 g/mol. The van der Waals surface area contributed by atoms with Crippen molar-refractivity contribution in [2.75, 3.05) is 13.2 Å². The number of rotatable bonds is 5. The van der Waals surface area contributed by atoms with Gasteiger partial charge >= 0.3 is 0 Å². The highest BCUT2D eigenvalue weighted by molar-refractivity contribution is 6.08. The highest BCUT2D eigenvalue weighted by Gasteiger charge is 1.79. The Morgan fingerprint density at radius 1 is 0.933 bits per heavy atom. The third-order valence-corrected chi connectivity index (χ3v) is 2.44. The second-order valence-corrected chi connectivity index (χ2v) is 4.26. The van der Waals surface area contributed by atoms with Crippen molar-refractivity contribution in [3.63, 3.8) is 0 Å². The van der Waals surface area contributed by atoms with E-state index in [1.807, 2.05) is 0 Å². The summed E-state index contributed by atoms with van der Waals surface area (Å²) in [6.45, 7) is 9.19. The molecule has 15 heavy (non-hydrogen) atoms. The summed E-state index contributed by atoms with van der Waals surface area (Å²) in [7, 11) is 0. The van der Waals surface area contributed by atoms with E-state index in [1.54, 1.807) is 0 Å². The summed E-state index contributed by atoms with van der Waals surface area (Å²) in [6.07, 6.45) is 4.08. The molecule has 92 valence electrons. The van der Waals surface area contributed by atoms with Gasteiger partial charge in [-0.15, -0.1) is 5.28 Å². The van der Waals surface area contributed by atoms with Crippen molar-refractivity contribution in [1.82, 2.24) is 0 Å². The summed E-state index contributed by atoms with van der Waals surface area (Å²) in [5.41, 5.74) is 0. The number of aliphatic hydroxyl groups excluding tert-OH is 2. The van der Waals surface area contributed by atoms with Crippen LogP contribution in [-0.4, -0.2) is 39.7 Å². The van der Waals surface area contributed by atoms with Crippen LogP contribution in [0.15, 0.2) is 0 Å². The minimum Gasteiger partial charge on any atom is -0.396 e. The van der Waals surface area contributed by atoms with E-state index in [1.165, 1.54) is 5.28 Å². The first-order chi connectivity index (χ1) is 7.10. The molecule has 0 saturated carbocycles. The zero-order valence-corrected chi connectivity index (χ0v) is 12.2. The molecule has 0 bridgehead atoms. The van der Waals surface area contributed by atoms with Crippen molar-refractivity contribution in [2.24, 2.45) is 5.92 Å². The first-order valence-electron chi connectivity index (χ1n) is 6.02. The van der Waals surface area contributed by atoms with Crippen molar-refractivity contribution in [2.45, 2.75) is 58.7 Å². The molecule has 0 aliphatic heterocycles. The Kier molecular flexibility index (Phi) is 33.2. The maximum Gasteiger partial charge on any atom is 0.118 e. The highest BCUT2D eigenvalue weighted by Crippen LogP contribution is 1.92. The van der Waals surface area contributed by atoms with E-state index in [0.717, 1.165) is 31.6 Å². The molecule has 2 N–H and O–H groups in total. The van der Waals surface area contributed by atoms with Crippen LogP contribution in [0.2, 0.25) is 5.28 Å². The molecule has 0 saturated heterocycles. The summed E-state index contributed by atoms with van der Waals surface area (Å²) in [6, 6.07) is 0. The van der Waals surface area contributed by atoms with Crippen LogP contribution in [0.3, 0.4) is 0 Å². The Bertz CT molecular complexity index is 68.0. The lowest BCUT2D eigenvalue weighted by atomic mass is 10.3. The van der Waals surface area contributed by atoms with Crippen molar-refractivity contribution in [3.8, 4) is 0 Å². The molecule has 0 unspecified atom stereocenters. The van der Waals surface area contributed by atoms with Gasteiger partial charge in [-0.3, -0.25) is 0 Å². The van der Waals surface area contributed by atoms with E-state index < -0.39 is 0 Å². The van der Waals surface area contributed by atoms with Crippen LogP contribution in [-0.2, 0) is 0 Å². The number of unbranched alkanes of at least 4 members (excludes halogenated alkanes) is 2. The zero-order valence-electron chi connectivity index (χ0n) is 11.0. The molecule has 3 heteroatoms. The van der Waals surface area contributed by atoms with Gasteiger partial charge in [-0.1, -0.05) is 46.5 Å². The molecule has 0 atom stereocenters. The monoisotopic (exact) mass is 232 g/mol. The van der Waals surface area contributed by atoms with Gasteiger partial charge in [0.2, 0.25) is 0 Å². The Hall–Kier alpha value is 0.452. The molecule has 0 amide bonds. The fraction of sp³-hybridized carbons (Fsp3) is 1.00. The third-order valence-electron chi connectivity index (χ3n) is 1.49. The normalized spacial score (nSPS) is 8.73. The second kappa shape index (κ2) is 23.9. The van der Waals surface area contributed by atoms with Gasteiger partial charge in [0, 0.05) is 13.2 Å². The molecule has 2 radical (unpaired) electrons. The molecule has 0 aromatic carbocycles. The minimum atomic E-state index is 0.344. The maximum atomic E-state index is 8.07. The molecular formula is C12H29AlO2. The van der Waals surface area contributed by atoms with E-state index in [0.29, 0.717) is 13.2 Å². The predicted molar refractivity (Wildman–Crippen MR) is 69.4 cm³/mol. The average Bonchev–Trinajstić information content (AvgIpc) is 2.22. The van der Waals surface area contributed by atoms with Crippen LogP contribution in [0, 0.1) is 5.92 Å². The molecule has 0 heterocycles. The maximum absolute atomic E-state index is 8.07. The summed E-state index contributed by atoms with van der Waals surface area (Å²) < 4.78 is 0. The quantitative estimate of drug-likeness (QED) is 0.716. The lowest BCUT2D eigenvalue weighted by Crippen LogP contribution is -1.80. The van der Waals surface area contributed by atoms with Gasteiger partial charge in [0.15, 0.2) is 0 Å². The van der Waals surface area contributed by atoms with Crippen LogP contribution < -0.4 is 0 Å². The van der Waals surface area contributed by atoms with Gasteiger partial charge in [-0.2, -0.15) is 0 Å². The Morgan fingerprint density at radius 3 is 1.20 bits per heavy atom. The van der Waals surface area contributed by atoms with Crippen molar-refractivity contribution in [3.05, 3.63) is 0 Å². The topological polar surface area (TPSA) is 40.5 Å². The van der Waals surface area contributed by atoms with Crippen molar-refractivity contribution < 1.29 is 10.2 Å². The average molecular weight is 232 g/mol. The van der Waals surface area contributed by atoms with Crippen molar-refractivity contribution >= 4 is 16.3 Å². The lowest BCUT2D eigenvalue weighted by molar-refractivity contribution is 0.286. The molecule has 0 aliphatic rings. The molecule has 0 aromatic rings. The number of hydrogen-bond donors (Lipinski definition) is 2. The van der Waals surface area contributed by atoms with E-state index in [4.69, 9.17) is 10.2 Å². The summed E-state index contributed by atoms with van der Waals surface area (Å²) in [4.78, 5) is 0. The third kappa shape index (κ3) is 53.8. The van der Waals surface area contributed by atoms with Crippen LogP contribution in [0.5, 0.6) is 0 Å². The zero-order chi connectivity index (χ0) is 12.5. The van der Waals surface area contributed by atoms with E-state index in [-0.39, 0.29) is 0 Å². The Morgan fingerprint density at radius 2 is 1.20 bits per heavy atom. The Labute approximate surface area is 105 Å². The molecule has 0 rings (SSSR count). The standard InChI is InChI=1S/2C4H10O.C4H9.Al/c2*1-2-3-4-5;1-4(2)3;/h2*5H,2-4H2,1H3;4H,1H2,2-3H3;. The molecule has 2 nitrogen and oxygen atoms in total. The molecule has 0 fully saturated rings. The van der Waals surface area contributed by atoms with Crippen LogP contribution >= 0.6 is 0 Å². The molecule has 0 spiro atoms. The summed E-state index contributed by atoms with van der Waals surface area (Å²) in [5.74, 6) is 0.847.